The van der Waals surface area contributed by atoms with Crippen LogP contribution >= 0.6 is 0 Å². The van der Waals surface area contributed by atoms with E-state index in [4.69, 9.17) is 4.98 Å². The van der Waals surface area contributed by atoms with Gasteiger partial charge in [-0.3, -0.25) is 4.79 Å². The molecule has 0 atom stereocenters. The molecule has 0 bridgehead atoms. The van der Waals surface area contributed by atoms with Crippen molar-refractivity contribution in [2.24, 2.45) is 0 Å². The van der Waals surface area contributed by atoms with Gasteiger partial charge in [-0.15, -0.1) is 0 Å². The standard InChI is InChI=1S/C23H27N3O/c27-23(24-19-11-5-2-6-12-19)17-26-21-14-8-7-13-20(21)25-22(26)16-15-18-9-3-1-4-10-18/h1,3-4,7-10,13-14,19H,2,5-6,11-12,15-17H2,(H,24,27). The van der Waals surface area contributed by atoms with E-state index in [1.165, 1.54) is 24.8 Å². The zero-order valence-electron chi connectivity index (χ0n) is 15.7. The summed E-state index contributed by atoms with van der Waals surface area (Å²) in [6, 6.07) is 18.9. The van der Waals surface area contributed by atoms with Crippen LogP contribution < -0.4 is 5.32 Å². The predicted molar refractivity (Wildman–Crippen MR) is 109 cm³/mol. The molecule has 2 aromatic carbocycles. The van der Waals surface area contributed by atoms with Gasteiger partial charge in [-0.25, -0.2) is 4.98 Å². The van der Waals surface area contributed by atoms with E-state index in [2.05, 4.69) is 40.2 Å². The molecule has 0 aliphatic heterocycles. The molecule has 1 aliphatic rings. The summed E-state index contributed by atoms with van der Waals surface area (Å²) >= 11 is 0. The Morgan fingerprint density at radius 1 is 0.963 bits per heavy atom. The lowest BCUT2D eigenvalue weighted by molar-refractivity contribution is -0.122. The molecule has 4 heteroatoms. The quantitative estimate of drug-likeness (QED) is 0.713. The van der Waals surface area contributed by atoms with Crippen molar-refractivity contribution in [1.29, 1.82) is 0 Å². The fraction of sp³-hybridized carbons (Fsp3) is 0.391. The molecule has 0 radical (unpaired) electrons. The van der Waals surface area contributed by atoms with Crippen molar-refractivity contribution >= 4 is 16.9 Å². The van der Waals surface area contributed by atoms with Gasteiger partial charge in [-0.1, -0.05) is 61.7 Å². The van der Waals surface area contributed by atoms with Crippen LogP contribution in [-0.2, 0) is 24.2 Å². The Kier molecular flexibility index (Phi) is 5.52. The fourth-order valence-electron chi connectivity index (χ4n) is 4.06. The van der Waals surface area contributed by atoms with Crippen LogP contribution in [-0.4, -0.2) is 21.5 Å². The first-order valence-electron chi connectivity index (χ1n) is 10.1. The lowest BCUT2D eigenvalue weighted by atomic mass is 9.95. The summed E-state index contributed by atoms with van der Waals surface area (Å²) in [5, 5.41) is 3.24. The Bertz CT molecular complexity index is 894. The first kappa shape index (κ1) is 17.8. The van der Waals surface area contributed by atoms with Crippen LogP contribution in [0.2, 0.25) is 0 Å². The van der Waals surface area contributed by atoms with Crippen LogP contribution in [0.25, 0.3) is 11.0 Å². The number of carbonyl (C=O) groups excluding carboxylic acids is 1. The summed E-state index contributed by atoms with van der Waals surface area (Å²) in [7, 11) is 0. The molecule has 4 nitrogen and oxygen atoms in total. The van der Waals surface area contributed by atoms with E-state index < -0.39 is 0 Å². The van der Waals surface area contributed by atoms with Gasteiger partial charge in [0.15, 0.2) is 0 Å². The molecule has 0 spiro atoms. The van der Waals surface area contributed by atoms with Crippen molar-refractivity contribution in [2.75, 3.05) is 0 Å². The summed E-state index contributed by atoms with van der Waals surface area (Å²) in [5.41, 5.74) is 3.30. The van der Waals surface area contributed by atoms with E-state index in [9.17, 15) is 4.79 Å². The topological polar surface area (TPSA) is 46.9 Å². The molecule has 140 valence electrons. The maximum atomic E-state index is 12.7. The number of aryl methyl sites for hydroxylation is 2. The molecule has 1 fully saturated rings. The van der Waals surface area contributed by atoms with Gasteiger partial charge in [-0.2, -0.15) is 0 Å². The molecule has 1 aromatic heterocycles. The Hall–Kier alpha value is -2.62. The first-order chi connectivity index (χ1) is 13.3. The zero-order chi connectivity index (χ0) is 18.5. The molecule has 27 heavy (non-hydrogen) atoms. The number of fused-ring (bicyclic) bond motifs is 1. The van der Waals surface area contributed by atoms with E-state index in [-0.39, 0.29) is 5.91 Å². The van der Waals surface area contributed by atoms with E-state index in [0.717, 1.165) is 42.5 Å². The molecule has 1 amide bonds. The van der Waals surface area contributed by atoms with Gasteiger partial charge < -0.3 is 9.88 Å². The molecule has 1 N–H and O–H groups in total. The van der Waals surface area contributed by atoms with Crippen molar-refractivity contribution in [3.05, 3.63) is 66.0 Å². The van der Waals surface area contributed by atoms with Gasteiger partial charge in [0.25, 0.3) is 0 Å². The van der Waals surface area contributed by atoms with Crippen LogP contribution in [0.3, 0.4) is 0 Å². The van der Waals surface area contributed by atoms with Gasteiger partial charge >= 0.3 is 0 Å². The Morgan fingerprint density at radius 2 is 1.70 bits per heavy atom. The number of nitrogens with zero attached hydrogens (tertiary/aromatic N) is 2. The van der Waals surface area contributed by atoms with Gasteiger partial charge in [0.1, 0.15) is 12.4 Å². The second kappa shape index (κ2) is 8.38. The molecule has 0 saturated heterocycles. The summed E-state index contributed by atoms with van der Waals surface area (Å²) in [6.45, 7) is 0.348. The van der Waals surface area contributed by atoms with E-state index in [1.54, 1.807) is 0 Å². The maximum absolute atomic E-state index is 12.7. The van der Waals surface area contributed by atoms with Crippen LogP contribution in [0.4, 0.5) is 0 Å². The summed E-state index contributed by atoms with van der Waals surface area (Å²) < 4.78 is 2.09. The first-order valence-corrected chi connectivity index (χ1v) is 10.1. The molecular weight excluding hydrogens is 334 g/mol. The van der Waals surface area contributed by atoms with E-state index in [0.29, 0.717) is 12.6 Å². The third-order valence-electron chi connectivity index (χ3n) is 5.49. The van der Waals surface area contributed by atoms with Crippen molar-refractivity contribution in [3.8, 4) is 0 Å². The molecule has 1 heterocycles. The minimum Gasteiger partial charge on any atom is -0.352 e. The van der Waals surface area contributed by atoms with Crippen molar-refractivity contribution in [2.45, 2.75) is 57.5 Å². The highest BCUT2D eigenvalue weighted by Crippen LogP contribution is 2.19. The number of amides is 1. The highest BCUT2D eigenvalue weighted by Gasteiger charge is 2.18. The highest BCUT2D eigenvalue weighted by molar-refractivity contribution is 5.81. The molecular formula is C23H27N3O. The molecule has 0 unspecified atom stereocenters. The summed E-state index contributed by atoms with van der Waals surface area (Å²) in [6.07, 6.45) is 7.71. The molecule has 1 aliphatic carbocycles. The largest absolute Gasteiger partial charge is 0.352 e. The van der Waals surface area contributed by atoms with Crippen molar-refractivity contribution in [3.63, 3.8) is 0 Å². The number of carbonyl (C=O) groups is 1. The number of nitrogens with one attached hydrogen (secondary N) is 1. The van der Waals surface area contributed by atoms with E-state index in [1.807, 2.05) is 24.3 Å². The number of rotatable bonds is 6. The number of benzene rings is 2. The lowest BCUT2D eigenvalue weighted by Gasteiger charge is -2.23. The number of imidazole rings is 1. The minimum atomic E-state index is 0.103. The second-order valence-electron chi connectivity index (χ2n) is 7.49. The third-order valence-corrected chi connectivity index (χ3v) is 5.49. The Labute approximate surface area is 160 Å². The minimum absolute atomic E-state index is 0.103. The summed E-state index contributed by atoms with van der Waals surface area (Å²) in [4.78, 5) is 17.5. The molecule has 4 rings (SSSR count). The van der Waals surface area contributed by atoms with Crippen LogP contribution in [0, 0.1) is 0 Å². The van der Waals surface area contributed by atoms with Crippen molar-refractivity contribution < 1.29 is 4.79 Å². The lowest BCUT2D eigenvalue weighted by Crippen LogP contribution is -2.38. The Morgan fingerprint density at radius 3 is 2.52 bits per heavy atom. The number of hydrogen-bond donors (Lipinski definition) is 1. The number of hydrogen-bond acceptors (Lipinski definition) is 2. The maximum Gasteiger partial charge on any atom is 0.240 e. The molecule has 3 aromatic rings. The highest BCUT2D eigenvalue weighted by atomic mass is 16.2. The fourth-order valence-corrected chi connectivity index (χ4v) is 4.06. The van der Waals surface area contributed by atoms with Crippen LogP contribution in [0.5, 0.6) is 0 Å². The monoisotopic (exact) mass is 361 g/mol. The third kappa shape index (κ3) is 4.38. The number of aromatic nitrogens is 2. The van der Waals surface area contributed by atoms with Crippen LogP contribution in [0.15, 0.2) is 54.6 Å². The van der Waals surface area contributed by atoms with Gasteiger partial charge in [0, 0.05) is 12.5 Å². The molecule has 1 saturated carbocycles. The zero-order valence-corrected chi connectivity index (χ0v) is 15.7. The summed E-state index contributed by atoms with van der Waals surface area (Å²) in [5.74, 6) is 1.09. The van der Waals surface area contributed by atoms with Crippen molar-refractivity contribution in [1.82, 2.24) is 14.9 Å². The normalized spacial score (nSPS) is 15.1. The van der Waals surface area contributed by atoms with Gasteiger partial charge in [0.05, 0.1) is 11.0 Å². The van der Waals surface area contributed by atoms with Crippen LogP contribution in [0.1, 0.15) is 43.5 Å². The predicted octanol–water partition coefficient (Wildman–Crippen LogP) is 4.27. The SMILES string of the molecule is O=C(Cn1c(CCc2ccccc2)nc2ccccc21)NC1CCCCC1. The van der Waals surface area contributed by atoms with E-state index >= 15 is 0 Å². The van der Waals surface area contributed by atoms with Gasteiger partial charge in [-0.05, 0) is 37.0 Å². The average Bonchev–Trinajstić information content (AvgIpc) is 3.05. The average molecular weight is 361 g/mol. The smallest absolute Gasteiger partial charge is 0.240 e. The Balaban J connectivity index is 1.51. The number of para-hydroxylation sites is 2. The second-order valence-corrected chi connectivity index (χ2v) is 7.49. The van der Waals surface area contributed by atoms with Gasteiger partial charge in [0.2, 0.25) is 5.91 Å².